The van der Waals surface area contributed by atoms with Crippen molar-refractivity contribution in [3.63, 3.8) is 0 Å². The molecule has 0 aromatic carbocycles. The molecule has 0 radical (unpaired) electrons. The van der Waals surface area contributed by atoms with Crippen molar-refractivity contribution >= 4 is 0 Å². The molecule has 1 aliphatic carbocycles. The van der Waals surface area contributed by atoms with Crippen molar-refractivity contribution in [2.75, 3.05) is 0 Å². The van der Waals surface area contributed by atoms with E-state index in [2.05, 4.69) is 0 Å². The van der Waals surface area contributed by atoms with Gasteiger partial charge in [0.25, 0.3) is 0 Å². The SMILES string of the molecule is CC(C)(C1C=CC(N)=CC1)C(F)(F)F. The van der Waals surface area contributed by atoms with Crippen LogP contribution in [0.15, 0.2) is 23.9 Å². The molecule has 4 heteroatoms. The van der Waals surface area contributed by atoms with Gasteiger partial charge >= 0.3 is 6.18 Å². The molecule has 0 aliphatic heterocycles. The minimum absolute atomic E-state index is 0.356. The Morgan fingerprint density at radius 2 is 1.93 bits per heavy atom. The van der Waals surface area contributed by atoms with Gasteiger partial charge in [0.2, 0.25) is 0 Å². The van der Waals surface area contributed by atoms with Crippen LogP contribution in [0.1, 0.15) is 20.3 Å². The summed E-state index contributed by atoms with van der Waals surface area (Å²) >= 11 is 0. The van der Waals surface area contributed by atoms with E-state index in [9.17, 15) is 13.2 Å². The highest BCUT2D eigenvalue weighted by Gasteiger charge is 2.51. The summed E-state index contributed by atoms with van der Waals surface area (Å²) in [6.45, 7) is 2.44. The van der Waals surface area contributed by atoms with Crippen molar-refractivity contribution in [1.29, 1.82) is 0 Å². The highest BCUT2D eigenvalue weighted by Crippen LogP contribution is 2.46. The number of allylic oxidation sites excluding steroid dienone is 3. The van der Waals surface area contributed by atoms with E-state index in [0.29, 0.717) is 12.1 Å². The molecule has 1 atom stereocenters. The van der Waals surface area contributed by atoms with E-state index in [0.717, 1.165) is 0 Å². The predicted octanol–water partition coefficient (Wildman–Crippen LogP) is 2.99. The van der Waals surface area contributed by atoms with E-state index in [1.54, 1.807) is 18.2 Å². The topological polar surface area (TPSA) is 26.0 Å². The largest absolute Gasteiger partial charge is 0.399 e. The number of hydrogen-bond acceptors (Lipinski definition) is 1. The third kappa shape index (κ3) is 1.94. The van der Waals surface area contributed by atoms with Gasteiger partial charge in [-0.3, -0.25) is 0 Å². The molecule has 80 valence electrons. The first kappa shape index (κ1) is 11.1. The summed E-state index contributed by atoms with van der Waals surface area (Å²) in [7, 11) is 0. The van der Waals surface area contributed by atoms with Crippen LogP contribution in [0.3, 0.4) is 0 Å². The van der Waals surface area contributed by atoms with Crippen LogP contribution in [0.2, 0.25) is 0 Å². The zero-order chi connectivity index (χ0) is 11.0. The van der Waals surface area contributed by atoms with Crippen molar-refractivity contribution in [3.05, 3.63) is 23.9 Å². The van der Waals surface area contributed by atoms with Crippen LogP contribution < -0.4 is 5.73 Å². The zero-order valence-electron chi connectivity index (χ0n) is 8.23. The Hall–Kier alpha value is -0.930. The Morgan fingerprint density at radius 1 is 1.36 bits per heavy atom. The molecule has 0 saturated heterocycles. The normalized spacial score (nSPS) is 23.5. The van der Waals surface area contributed by atoms with Crippen LogP contribution in [0, 0.1) is 11.3 Å². The predicted molar refractivity (Wildman–Crippen MR) is 49.4 cm³/mol. The van der Waals surface area contributed by atoms with Crippen LogP contribution in [-0.2, 0) is 0 Å². The quantitative estimate of drug-likeness (QED) is 0.699. The molecule has 1 nitrogen and oxygen atoms in total. The summed E-state index contributed by atoms with van der Waals surface area (Å²) in [5.41, 5.74) is 4.29. The van der Waals surface area contributed by atoms with Crippen molar-refractivity contribution in [3.8, 4) is 0 Å². The van der Waals surface area contributed by atoms with E-state index in [4.69, 9.17) is 5.73 Å². The number of nitrogens with two attached hydrogens (primary N) is 1. The third-order valence-corrected chi connectivity index (χ3v) is 2.79. The van der Waals surface area contributed by atoms with Crippen LogP contribution >= 0.6 is 0 Å². The van der Waals surface area contributed by atoms with Gasteiger partial charge in [0, 0.05) is 5.70 Å². The molecule has 14 heavy (non-hydrogen) atoms. The molecule has 0 saturated carbocycles. The minimum Gasteiger partial charge on any atom is -0.399 e. The van der Waals surface area contributed by atoms with Gasteiger partial charge in [0.15, 0.2) is 0 Å². The first-order valence-electron chi connectivity index (χ1n) is 4.45. The van der Waals surface area contributed by atoms with E-state index in [1.807, 2.05) is 0 Å². The Kier molecular flexibility index (Phi) is 2.65. The van der Waals surface area contributed by atoms with Crippen molar-refractivity contribution in [2.45, 2.75) is 26.4 Å². The summed E-state index contributed by atoms with van der Waals surface area (Å²) < 4.78 is 37.9. The zero-order valence-corrected chi connectivity index (χ0v) is 8.23. The molecule has 1 rings (SSSR count). The van der Waals surface area contributed by atoms with Crippen molar-refractivity contribution in [2.24, 2.45) is 17.1 Å². The van der Waals surface area contributed by atoms with E-state index >= 15 is 0 Å². The van der Waals surface area contributed by atoms with Crippen molar-refractivity contribution in [1.82, 2.24) is 0 Å². The second kappa shape index (κ2) is 3.33. The van der Waals surface area contributed by atoms with Gasteiger partial charge in [-0.2, -0.15) is 13.2 Å². The minimum atomic E-state index is -4.18. The molecule has 0 bridgehead atoms. The molecule has 0 spiro atoms. The molecule has 0 fully saturated rings. The summed E-state index contributed by atoms with van der Waals surface area (Å²) in [6, 6.07) is 0. The first-order valence-corrected chi connectivity index (χ1v) is 4.45. The van der Waals surface area contributed by atoms with E-state index in [-0.39, 0.29) is 0 Å². The van der Waals surface area contributed by atoms with Crippen LogP contribution in [-0.4, -0.2) is 6.18 Å². The number of rotatable bonds is 1. The molecular weight excluding hydrogens is 191 g/mol. The fourth-order valence-electron chi connectivity index (χ4n) is 1.38. The lowest BCUT2D eigenvalue weighted by Crippen LogP contribution is -2.38. The Labute approximate surface area is 81.5 Å². The average molecular weight is 205 g/mol. The average Bonchev–Trinajstić information content (AvgIpc) is 2.03. The summed E-state index contributed by atoms with van der Waals surface area (Å²) in [6.07, 6.45) is 0.902. The third-order valence-electron chi connectivity index (χ3n) is 2.79. The van der Waals surface area contributed by atoms with Crippen LogP contribution in [0.4, 0.5) is 13.2 Å². The van der Waals surface area contributed by atoms with Gasteiger partial charge in [-0.1, -0.05) is 26.0 Å². The van der Waals surface area contributed by atoms with Crippen molar-refractivity contribution < 1.29 is 13.2 Å². The molecule has 1 aliphatic rings. The Bertz CT molecular complexity index is 274. The monoisotopic (exact) mass is 205 g/mol. The van der Waals surface area contributed by atoms with E-state index in [1.165, 1.54) is 13.8 Å². The van der Waals surface area contributed by atoms with E-state index < -0.39 is 17.5 Å². The highest BCUT2D eigenvalue weighted by atomic mass is 19.4. The smallest absolute Gasteiger partial charge is 0.394 e. The molecule has 0 aromatic rings. The molecule has 0 amide bonds. The highest BCUT2D eigenvalue weighted by molar-refractivity contribution is 5.22. The molecule has 0 heterocycles. The summed E-state index contributed by atoms with van der Waals surface area (Å²) in [5, 5.41) is 0. The number of alkyl halides is 3. The van der Waals surface area contributed by atoms with Gasteiger partial charge in [0.1, 0.15) is 0 Å². The van der Waals surface area contributed by atoms with Crippen LogP contribution in [0.5, 0.6) is 0 Å². The fourth-order valence-corrected chi connectivity index (χ4v) is 1.38. The lowest BCUT2D eigenvalue weighted by Gasteiger charge is -2.35. The molecule has 2 N–H and O–H groups in total. The fraction of sp³-hybridized carbons (Fsp3) is 0.600. The molecule has 1 unspecified atom stereocenters. The second-order valence-electron chi connectivity index (χ2n) is 4.12. The summed E-state index contributed by atoms with van der Waals surface area (Å²) in [5.74, 6) is -0.519. The Morgan fingerprint density at radius 3 is 2.29 bits per heavy atom. The maximum Gasteiger partial charge on any atom is 0.394 e. The maximum absolute atomic E-state index is 12.6. The van der Waals surface area contributed by atoms with Gasteiger partial charge in [-0.15, -0.1) is 0 Å². The van der Waals surface area contributed by atoms with Gasteiger partial charge in [-0.25, -0.2) is 0 Å². The maximum atomic E-state index is 12.6. The Balaban J connectivity index is 2.82. The van der Waals surface area contributed by atoms with Crippen LogP contribution in [0.25, 0.3) is 0 Å². The number of halogens is 3. The molecular formula is C10H14F3N. The standard InChI is InChI=1S/C10H14F3N/c1-9(2,10(11,12)13)7-3-5-8(14)6-4-7/h3,5-7H,4,14H2,1-2H3. The van der Waals surface area contributed by atoms with Gasteiger partial charge in [-0.05, 0) is 18.4 Å². The van der Waals surface area contributed by atoms with Gasteiger partial charge < -0.3 is 5.73 Å². The lowest BCUT2D eigenvalue weighted by atomic mass is 9.75. The lowest BCUT2D eigenvalue weighted by molar-refractivity contribution is -0.224. The summed E-state index contributed by atoms with van der Waals surface area (Å²) in [4.78, 5) is 0. The second-order valence-corrected chi connectivity index (χ2v) is 4.12. The first-order chi connectivity index (χ1) is 6.25. The van der Waals surface area contributed by atoms with Gasteiger partial charge in [0.05, 0.1) is 5.41 Å². The number of hydrogen-bond donors (Lipinski definition) is 1. The molecule has 0 aromatic heterocycles.